The second kappa shape index (κ2) is 2.19. The van der Waals surface area contributed by atoms with Gasteiger partial charge in [-0.3, -0.25) is 0 Å². The van der Waals surface area contributed by atoms with E-state index in [9.17, 15) is 0 Å². The lowest BCUT2D eigenvalue weighted by Gasteiger charge is -1.96. The fraction of sp³-hybridized carbons (Fsp3) is 0.167. The van der Waals surface area contributed by atoms with Crippen LogP contribution in [0.5, 0.6) is 5.75 Å². The van der Waals surface area contributed by atoms with Crippen LogP contribution in [-0.2, 0) is 0 Å². The van der Waals surface area contributed by atoms with Crippen LogP contribution in [0.25, 0.3) is 5.65 Å². The zero-order chi connectivity index (χ0) is 7.68. The molecule has 5 heteroatoms. The Hall–Kier alpha value is -1.65. The smallest absolute Gasteiger partial charge is 0.182 e. The lowest BCUT2D eigenvalue weighted by molar-refractivity contribution is 0.414. The van der Waals surface area contributed by atoms with Crippen molar-refractivity contribution in [2.75, 3.05) is 7.11 Å². The van der Waals surface area contributed by atoms with E-state index >= 15 is 0 Å². The van der Waals surface area contributed by atoms with E-state index in [1.165, 1.54) is 0 Å². The molecular formula is C6H6N4O. The predicted octanol–water partition coefficient (Wildman–Crippen LogP) is 0.133. The molecule has 0 aliphatic heterocycles. The van der Waals surface area contributed by atoms with Gasteiger partial charge in [0.05, 0.1) is 7.11 Å². The molecule has 56 valence electrons. The Morgan fingerprint density at radius 3 is 3.27 bits per heavy atom. The van der Waals surface area contributed by atoms with Crippen LogP contribution < -0.4 is 4.74 Å². The Bertz CT molecular complexity index is 369. The maximum absolute atomic E-state index is 4.98. The van der Waals surface area contributed by atoms with Crippen LogP contribution in [-0.4, -0.2) is 27.2 Å². The Balaban J connectivity index is 2.67. The Labute approximate surface area is 62.6 Å². The SMILES string of the molecule is COc1ccn2nnnc2c1. The zero-order valence-electron chi connectivity index (χ0n) is 5.93. The summed E-state index contributed by atoms with van der Waals surface area (Å²) >= 11 is 0. The van der Waals surface area contributed by atoms with Crippen LogP contribution in [0.4, 0.5) is 0 Å². The van der Waals surface area contributed by atoms with Crippen molar-refractivity contribution in [1.29, 1.82) is 0 Å². The summed E-state index contributed by atoms with van der Waals surface area (Å²) in [6.45, 7) is 0. The van der Waals surface area contributed by atoms with Crippen LogP contribution >= 0.6 is 0 Å². The van der Waals surface area contributed by atoms with E-state index < -0.39 is 0 Å². The van der Waals surface area contributed by atoms with Crippen molar-refractivity contribution in [3.63, 3.8) is 0 Å². The summed E-state index contributed by atoms with van der Waals surface area (Å²) in [5.74, 6) is 0.757. The van der Waals surface area contributed by atoms with Crippen molar-refractivity contribution in [3.8, 4) is 5.75 Å². The van der Waals surface area contributed by atoms with E-state index in [2.05, 4.69) is 15.5 Å². The molecule has 2 heterocycles. The van der Waals surface area contributed by atoms with Gasteiger partial charge in [-0.2, -0.15) is 0 Å². The summed E-state index contributed by atoms with van der Waals surface area (Å²) in [5.41, 5.74) is 0.685. The monoisotopic (exact) mass is 150 g/mol. The molecule has 0 N–H and O–H groups in total. The van der Waals surface area contributed by atoms with Crippen LogP contribution in [0.2, 0.25) is 0 Å². The maximum Gasteiger partial charge on any atom is 0.182 e. The molecule has 0 radical (unpaired) electrons. The normalized spacial score (nSPS) is 10.3. The number of pyridine rings is 1. The minimum atomic E-state index is 0.685. The number of tetrazole rings is 1. The van der Waals surface area contributed by atoms with E-state index in [0.29, 0.717) is 5.65 Å². The van der Waals surface area contributed by atoms with Crippen LogP contribution in [0.15, 0.2) is 18.3 Å². The second-order valence-corrected chi connectivity index (χ2v) is 2.05. The van der Waals surface area contributed by atoms with Crippen molar-refractivity contribution >= 4 is 5.65 Å². The van der Waals surface area contributed by atoms with Gasteiger partial charge in [0, 0.05) is 12.3 Å². The van der Waals surface area contributed by atoms with Crippen molar-refractivity contribution in [1.82, 2.24) is 20.0 Å². The number of nitrogens with zero attached hydrogens (tertiary/aromatic N) is 4. The van der Waals surface area contributed by atoms with Crippen LogP contribution in [0.1, 0.15) is 0 Å². The molecule has 0 amide bonds. The lowest BCUT2D eigenvalue weighted by Crippen LogP contribution is -1.88. The number of aromatic nitrogens is 4. The highest BCUT2D eigenvalue weighted by Gasteiger charge is 1.96. The summed E-state index contributed by atoms with van der Waals surface area (Å²) in [5, 5.41) is 10.9. The highest BCUT2D eigenvalue weighted by molar-refractivity contribution is 5.41. The number of rotatable bonds is 1. The third-order valence-corrected chi connectivity index (χ3v) is 1.41. The van der Waals surface area contributed by atoms with Crippen molar-refractivity contribution in [2.45, 2.75) is 0 Å². The molecule has 2 rings (SSSR count). The predicted molar refractivity (Wildman–Crippen MR) is 37.3 cm³/mol. The zero-order valence-corrected chi connectivity index (χ0v) is 5.93. The molecule has 0 atom stereocenters. The molecule has 0 spiro atoms. The summed E-state index contributed by atoms with van der Waals surface area (Å²) in [4.78, 5) is 0. The number of ether oxygens (including phenoxy) is 1. The van der Waals surface area contributed by atoms with Gasteiger partial charge in [0.2, 0.25) is 0 Å². The topological polar surface area (TPSA) is 52.3 Å². The standard InChI is InChI=1S/C6H6N4O/c1-11-5-2-3-10-6(4-5)7-8-9-10/h2-4H,1H3. The van der Waals surface area contributed by atoms with Gasteiger partial charge in [-0.1, -0.05) is 0 Å². The molecule has 0 saturated heterocycles. The molecule has 0 bridgehead atoms. The van der Waals surface area contributed by atoms with E-state index in [0.717, 1.165) is 5.75 Å². The van der Waals surface area contributed by atoms with Crippen LogP contribution in [0.3, 0.4) is 0 Å². The molecule has 0 aliphatic rings. The summed E-state index contributed by atoms with van der Waals surface area (Å²) in [6, 6.07) is 3.56. The molecular weight excluding hydrogens is 144 g/mol. The fourth-order valence-corrected chi connectivity index (χ4v) is 0.848. The first-order valence-electron chi connectivity index (χ1n) is 3.12. The van der Waals surface area contributed by atoms with Gasteiger partial charge in [0.15, 0.2) is 5.65 Å². The van der Waals surface area contributed by atoms with Gasteiger partial charge in [-0.05, 0) is 16.5 Å². The summed E-state index contributed by atoms with van der Waals surface area (Å²) < 4.78 is 6.55. The number of methoxy groups -OCH3 is 1. The number of hydrogen-bond donors (Lipinski definition) is 0. The maximum atomic E-state index is 4.98. The van der Waals surface area contributed by atoms with Crippen molar-refractivity contribution in [2.24, 2.45) is 0 Å². The average molecular weight is 150 g/mol. The van der Waals surface area contributed by atoms with Gasteiger partial charge in [-0.25, -0.2) is 4.52 Å². The average Bonchev–Trinajstić information content (AvgIpc) is 2.50. The Kier molecular flexibility index (Phi) is 1.21. The summed E-state index contributed by atoms with van der Waals surface area (Å²) in [6.07, 6.45) is 1.74. The molecule has 0 saturated carbocycles. The lowest BCUT2D eigenvalue weighted by atomic mass is 10.4. The molecule has 11 heavy (non-hydrogen) atoms. The highest BCUT2D eigenvalue weighted by atomic mass is 16.5. The van der Waals surface area contributed by atoms with E-state index in [4.69, 9.17) is 4.74 Å². The first kappa shape index (κ1) is 6.09. The third kappa shape index (κ3) is 0.899. The van der Waals surface area contributed by atoms with Gasteiger partial charge in [0.25, 0.3) is 0 Å². The Morgan fingerprint density at radius 2 is 2.45 bits per heavy atom. The Morgan fingerprint density at radius 1 is 1.55 bits per heavy atom. The largest absolute Gasteiger partial charge is 0.497 e. The fourth-order valence-electron chi connectivity index (χ4n) is 0.848. The minimum Gasteiger partial charge on any atom is -0.497 e. The quantitative estimate of drug-likeness (QED) is 0.580. The molecule has 0 unspecified atom stereocenters. The first-order chi connectivity index (χ1) is 5.40. The van der Waals surface area contributed by atoms with Gasteiger partial charge in [0.1, 0.15) is 5.75 Å². The molecule has 0 fully saturated rings. The van der Waals surface area contributed by atoms with E-state index in [-0.39, 0.29) is 0 Å². The minimum absolute atomic E-state index is 0.685. The van der Waals surface area contributed by atoms with Gasteiger partial charge >= 0.3 is 0 Å². The number of fused-ring (bicyclic) bond motifs is 1. The van der Waals surface area contributed by atoms with Gasteiger partial charge in [-0.15, -0.1) is 5.10 Å². The van der Waals surface area contributed by atoms with E-state index in [1.54, 1.807) is 30.0 Å². The molecule has 2 aromatic heterocycles. The molecule has 2 aromatic rings. The molecule has 0 aromatic carbocycles. The summed E-state index contributed by atoms with van der Waals surface area (Å²) in [7, 11) is 1.61. The van der Waals surface area contributed by atoms with E-state index in [1.807, 2.05) is 0 Å². The van der Waals surface area contributed by atoms with Crippen molar-refractivity contribution in [3.05, 3.63) is 18.3 Å². The van der Waals surface area contributed by atoms with Gasteiger partial charge < -0.3 is 4.74 Å². The molecule has 5 nitrogen and oxygen atoms in total. The van der Waals surface area contributed by atoms with Crippen LogP contribution in [0, 0.1) is 0 Å². The second-order valence-electron chi connectivity index (χ2n) is 2.05. The third-order valence-electron chi connectivity index (χ3n) is 1.41. The van der Waals surface area contributed by atoms with Crippen molar-refractivity contribution < 1.29 is 4.74 Å². The highest BCUT2D eigenvalue weighted by Crippen LogP contribution is 2.09. The first-order valence-corrected chi connectivity index (χ1v) is 3.12. The number of hydrogen-bond acceptors (Lipinski definition) is 4. The molecule has 0 aliphatic carbocycles.